The molecule has 0 amide bonds. The Bertz CT molecular complexity index is 755. The van der Waals surface area contributed by atoms with Crippen molar-refractivity contribution in [2.75, 3.05) is 0 Å². The van der Waals surface area contributed by atoms with Gasteiger partial charge in [-0.3, -0.25) is 0 Å². The quantitative estimate of drug-likeness (QED) is 0.768. The second-order valence-electron chi connectivity index (χ2n) is 5.13. The molecule has 3 heteroatoms. The third-order valence-electron chi connectivity index (χ3n) is 3.71. The Morgan fingerprint density at radius 2 is 1.43 bits per heavy atom. The first kappa shape index (κ1) is 13.7. The third-order valence-corrected chi connectivity index (χ3v) is 3.71. The molecule has 0 radical (unpaired) electrons. The van der Waals surface area contributed by atoms with E-state index in [1.165, 1.54) is 12.1 Å². The van der Waals surface area contributed by atoms with E-state index >= 15 is 0 Å². The molecule has 3 aromatic rings. The van der Waals surface area contributed by atoms with Gasteiger partial charge < -0.3 is 10.8 Å². The zero-order chi connectivity index (χ0) is 14.8. The van der Waals surface area contributed by atoms with Gasteiger partial charge in [0.2, 0.25) is 0 Å². The van der Waals surface area contributed by atoms with Crippen molar-refractivity contribution in [1.82, 2.24) is 0 Å². The van der Waals surface area contributed by atoms with E-state index in [2.05, 4.69) is 0 Å². The van der Waals surface area contributed by atoms with Gasteiger partial charge >= 0.3 is 0 Å². The summed E-state index contributed by atoms with van der Waals surface area (Å²) in [5, 5.41) is 12.6. The lowest BCUT2D eigenvalue weighted by Gasteiger charge is -2.20. The highest BCUT2D eigenvalue weighted by Gasteiger charge is 2.19. The van der Waals surface area contributed by atoms with Gasteiger partial charge in [-0.1, -0.05) is 48.5 Å². The number of nitrogens with two attached hydrogens (primary N) is 1. The molecule has 3 rings (SSSR count). The van der Waals surface area contributed by atoms with E-state index in [1.807, 2.05) is 42.5 Å². The van der Waals surface area contributed by atoms with Crippen LogP contribution in [0.4, 0.5) is 4.39 Å². The number of rotatable bonds is 3. The molecular formula is C18H16FNO. The first-order valence-corrected chi connectivity index (χ1v) is 6.83. The molecule has 0 heterocycles. The van der Waals surface area contributed by atoms with Crippen molar-refractivity contribution in [2.45, 2.75) is 12.1 Å². The highest BCUT2D eigenvalue weighted by atomic mass is 19.1. The number of hydrogen-bond acceptors (Lipinski definition) is 2. The van der Waals surface area contributed by atoms with Crippen molar-refractivity contribution in [2.24, 2.45) is 5.73 Å². The molecular weight excluding hydrogens is 265 g/mol. The van der Waals surface area contributed by atoms with E-state index in [1.54, 1.807) is 12.1 Å². The monoisotopic (exact) mass is 281 g/mol. The van der Waals surface area contributed by atoms with Crippen LogP contribution in [0.5, 0.6) is 0 Å². The van der Waals surface area contributed by atoms with Gasteiger partial charge in [-0.05, 0) is 40.1 Å². The fourth-order valence-corrected chi connectivity index (χ4v) is 2.47. The average Bonchev–Trinajstić information content (AvgIpc) is 2.54. The van der Waals surface area contributed by atoms with E-state index in [4.69, 9.17) is 5.73 Å². The van der Waals surface area contributed by atoms with Gasteiger partial charge in [0, 0.05) is 0 Å². The van der Waals surface area contributed by atoms with Crippen LogP contribution in [-0.4, -0.2) is 5.11 Å². The van der Waals surface area contributed by atoms with Gasteiger partial charge in [-0.15, -0.1) is 0 Å². The summed E-state index contributed by atoms with van der Waals surface area (Å²) in [7, 11) is 0. The summed E-state index contributed by atoms with van der Waals surface area (Å²) in [6.45, 7) is 0. The van der Waals surface area contributed by atoms with Crippen LogP contribution in [0.3, 0.4) is 0 Å². The minimum absolute atomic E-state index is 0.314. The lowest BCUT2D eigenvalue weighted by molar-refractivity contribution is 0.147. The van der Waals surface area contributed by atoms with Crippen LogP contribution in [0, 0.1) is 5.82 Å². The minimum Gasteiger partial charge on any atom is -0.386 e. The average molecular weight is 281 g/mol. The smallest absolute Gasteiger partial charge is 0.123 e. The van der Waals surface area contributed by atoms with Crippen LogP contribution in [0.15, 0.2) is 66.7 Å². The Hall–Kier alpha value is -2.23. The van der Waals surface area contributed by atoms with Crippen molar-refractivity contribution < 1.29 is 9.50 Å². The maximum absolute atomic E-state index is 12.9. The first-order chi connectivity index (χ1) is 10.1. The Labute approximate surface area is 122 Å². The standard InChI is InChI=1S/C18H16FNO/c19-16-9-7-13(8-10-16)17(20)18(21)15-6-5-12-3-1-2-4-14(12)11-15/h1-11,17-18,21H,20H2/t17-,18+/m0/s1. The fraction of sp³-hybridized carbons (Fsp3) is 0.111. The van der Waals surface area contributed by atoms with E-state index < -0.39 is 12.1 Å². The number of hydrogen-bond donors (Lipinski definition) is 2. The van der Waals surface area contributed by atoms with Crippen LogP contribution >= 0.6 is 0 Å². The maximum atomic E-state index is 12.9. The molecule has 106 valence electrons. The highest BCUT2D eigenvalue weighted by molar-refractivity contribution is 5.83. The van der Waals surface area contributed by atoms with Crippen molar-refractivity contribution in [3.05, 3.63) is 83.7 Å². The van der Waals surface area contributed by atoms with Crippen molar-refractivity contribution >= 4 is 10.8 Å². The molecule has 0 saturated heterocycles. The van der Waals surface area contributed by atoms with Gasteiger partial charge in [0.1, 0.15) is 5.82 Å². The molecule has 0 bridgehead atoms. The summed E-state index contributed by atoms with van der Waals surface area (Å²) in [5.74, 6) is -0.314. The van der Waals surface area contributed by atoms with E-state index in [9.17, 15) is 9.50 Å². The SMILES string of the molecule is N[C@@H](c1ccc(F)cc1)[C@H](O)c1ccc2ccccc2c1. The second-order valence-corrected chi connectivity index (χ2v) is 5.13. The zero-order valence-corrected chi connectivity index (χ0v) is 11.4. The largest absolute Gasteiger partial charge is 0.386 e. The van der Waals surface area contributed by atoms with Gasteiger partial charge in [-0.2, -0.15) is 0 Å². The number of aliphatic hydroxyl groups excluding tert-OH is 1. The van der Waals surface area contributed by atoms with Gasteiger partial charge in [0.25, 0.3) is 0 Å². The molecule has 2 nitrogen and oxygen atoms in total. The van der Waals surface area contributed by atoms with Gasteiger partial charge in [-0.25, -0.2) is 4.39 Å². The molecule has 2 atom stereocenters. The Balaban J connectivity index is 1.91. The summed E-state index contributed by atoms with van der Waals surface area (Å²) in [4.78, 5) is 0. The van der Waals surface area contributed by atoms with Gasteiger partial charge in [0.15, 0.2) is 0 Å². The molecule has 0 aromatic heterocycles. The molecule has 3 N–H and O–H groups in total. The Morgan fingerprint density at radius 1 is 0.810 bits per heavy atom. The Morgan fingerprint density at radius 3 is 2.14 bits per heavy atom. The predicted molar refractivity (Wildman–Crippen MR) is 82.2 cm³/mol. The molecule has 0 spiro atoms. The van der Waals surface area contributed by atoms with Gasteiger partial charge in [0.05, 0.1) is 12.1 Å². The van der Waals surface area contributed by atoms with Crippen LogP contribution in [-0.2, 0) is 0 Å². The first-order valence-electron chi connectivity index (χ1n) is 6.83. The van der Waals surface area contributed by atoms with Crippen molar-refractivity contribution in [3.8, 4) is 0 Å². The minimum atomic E-state index is -0.833. The van der Waals surface area contributed by atoms with E-state index in [-0.39, 0.29) is 5.82 Å². The molecule has 0 unspecified atom stereocenters. The summed E-state index contributed by atoms with van der Waals surface area (Å²) >= 11 is 0. The zero-order valence-electron chi connectivity index (χ0n) is 11.4. The van der Waals surface area contributed by atoms with Crippen LogP contribution in [0.2, 0.25) is 0 Å². The van der Waals surface area contributed by atoms with Crippen LogP contribution in [0.25, 0.3) is 10.8 Å². The molecule has 0 aliphatic rings. The van der Waals surface area contributed by atoms with Crippen LogP contribution in [0.1, 0.15) is 23.3 Å². The summed E-state index contributed by atoms with van der Waals surface area (Å²) < 4.78 is 12.9. The molecule has 3 aromatic carbocycles. The molecule has 0 fully saturated rings. The topological polar surface area (TPSA) is 46.2 Å². The highest BCUT2D eigenvalue weighted by Crippen LogP contribution is 2.28. The molecule has 0 aliphatic heterocycles. The third kappa shape index (κ3) is 2.79. The maximum Gasteiger partial charge on any atom is 0.123 e. The number of halogens is 1. The lowest BCUT2D eigenvalue weighted by atomic mass is 9.95. The molecule has 21 heavy (non-hydrogen) atoms. The molecule has 0 aliphatic carbocycles. The number of aliphatic hydroxyl groups is 1. The number of benzene rings is 3. The Kier molecular flexibility index (Phi) is 3.69. The predicted octanol–water partition coefficient (Wildman–Crippen LogP) is 3.71. The molecule has 0 saturated carbocycles. The summed E-state index contributed by atoms with van der Waals surface area (Å²) in [5.41, 5.74) is 7.55. The number of fused-ring (bicyclic) bond motifs is 1. The van der Waals surface area contributed by atoms with Crippen molar-refractivity contribution in [3.63, 3.8) is 0 Å². The normalized spacial score (nSPS) is 14.0. The van der Waals surface area contributed by atoms with Crippen molar-refractivity contribution in [1.29, 1.82) is 0 Å². The lowest BCUT2D eigenvalue weighted by Crippen LogP contribution is -2.19. The second kappa shape index (κ2) is 5.64. The summed E-state index contributed by atoms with van der Waals surface area (Å²) in [6.07, 6.45) is -0.833. The fourth-order valence-electron chi connectivity index (χ4n) is 2.47. The van der Waals surface area contributed by atoms with E-state index in [0.717, 1.165) is 16.3 Å². The van der Waals surface area contributed by atoms with Crippen LogP contribution < -0.4 is 5.73 Å². The summed E-state index contributed by atoms with van der Waals surface area (Å²) in [6, 6.07) is 19.0. The van der Waals surface area contributed by atoms with E-state index in [0.29, 0.717) is 5.56 Å².